The molecule has 0 fully saturated rings. The first kappa shape index (κ1) is 12.9. The van der Waals surface area contributed by atoms with Crippen LogP contribution in [0.2, 0.25) is 0 Å². The molecule has 2 rings (SSSR count). The average molecular weight is 237 g/mol. The summed E-state index contributed by atoms with van der Waals surface area (Å²) in [5, 5.41) is 0. The molecule has 0 bridgehead atoms. The van der Waals surface area contributed by atoms with E-state index in [0.717, 1.165) is 6.42 Å². The van der Waals surface area contributed by atoms with Gasteiger partial charge in [-0.25, -0.2) is 0 Å². The predicted octanol–water partition coefficient (Wildman–Crippen LogP) is 5.15. The topological polar surface area (TPSA) is 0 Å². The van der Waals surface area contributed by atoms with Gasteiger partial charge in [-0.05, 0) is 53.1 Å². The first-order chi connectivity index (χ1) is 8.63. The van der Waals surface area contributed by atoms with Crippen molar-refractivity contribution in [1.29, 1.82) is 0 Å². The lowest BCUT2D eigenvalue weighted by molar-refractivity contribution is 0.867. The van der Waals surface area contributed by atoms with Gasteiger partial charge in [0.25, 0.3) is 0 Å². The van der Waals surface area contributed by atoms with Gasteiger partial charge in [0.1, 0.15) is 0 Å². The summed E-state index contributed by atoms with van der Waals surface area (Å²) in [6.45, 7) is 8.86. The van der Waals surface area contributed by atoms with Crippen LogP contribution in [0.25, 0.3) is 11.1 Å². The molecule has 1 radical (unpaired) electrons. The van der Waals surface area contributed by atoms with E-state index >= 15 is 0 Å². The minimum Gasteiger partial charge on any atom is -0.0614 e. The quantitative estimate of drug-likeness (QED) is 0.692. The molecule has 0 amide bonds. The van der Waals surface area contributed by atoms with Crippen molar-refractivity contribution in [3.8, 4) is 11.1 Å². The van der Waals surface area contributed by atoms with E-state index in [2.05, 4.69) is 70.2 Å². The van der Waals surface area contributed by atoms with Crippen LogP contribution in [0.3, 0.4) is 0 Å². The van der Waals surface area contributed by atoms with Crippen molar-refractivity contribution in [2.24, 2.45) is 0 Å². The van der Waals surface area contributed by atoms with Crippen molar-refractivity contribution in [3.05, 3.63) is 59.2 Å². The maximum atomic E-state index is 3.23. The lowest BCUT2D eigenvalue weighted by Crippen LogP contribution is -1.93. The van der Waals surface area contributed by atoms with Crippen LogP contribution in [0.1, 0.15) is 43.4 Å². The summed E-state index contributed by atoms with van der Waals surface area (Å²) in [4.78, 5) is 0. The van der Waals surface area contributed by atoms with Crippen LogP contribution in [0.5, 0.6) is 0 Å². The van der Waals surface area contributed by atoms with E-state index in [4.69, 9.17) is 0 Å². The molecule has 0 aliphatic carbocycles. The molecule has 0 N–H and O–H groups in total. The van der Waals surface area contributed by atoms with Crippen molar-refractivity contribution < 1.29 is 0 Å². The molecular formula is C18H21. The van der Waals surface area contributed by atoms with Gasteiger partial charge in [0.15, 0.2) is 0 Å². The fraction of sp³-hybridized carbons (Fsp3) is 0.333. The maximum Gasteiger partial charge on any atom is -0.0122 e. The molecule has 0 saturated heterocycles. The molecular weight excluding hydrogens is 216 g/mol. The van der Waals surface area contributed by atoms with Crippen LogP contribution in [-0.4, -0.2) is 0 Å². The second-order valence-corrected chi connectivity index (χ2v) is 5.17. The van der Waals surface area contributed by atoms with Gasteiger partial charge in [0.05, 0.1) is 0 Å². The largest absolute Gasteiger partial charge is 0.0614 e. The number of benzene rings is 2. The summed E-state index contributed by atoms with van der Waals surface area (Å²) in [5.41, 5.74) is 6.83. The van der Waals surface area contributed by atoms with E-state index < -0.39 is 0 Å². The van der Waals surface area contributed by atoms with Crippen molar-refractivity contribution in [2.45, 2.75) is 40.0 Å². The van der Waals surface area contributed by atoms with Crippen molar-refractivity contribution in [2.75, 3.05) is 0 Å². The lowest BCUT2D eigenvalue weighted by atomic mass is 9.91. The van der Waals surface area contributed by atoms with Gasteiger partial charge in [0.2, 0.25) is 0 Å². The minimum absolute atomic E-state index is 0.575. The Balaban J connectivity index is 2.58. The molecule has 0 saturated carbocycles. The highest BCUT2D eigenvalue weighted by Crippen LogP contribution is 2.29. The molecule has 0 atom stereocenters. The highest BCUT2D eigenvalue weighted by Gasteiger charge is 2.08. The summed E-state index contributed by atoms with van der Waals surface area (Å²) >= 11 is 0. The molecule has 0 unspecified atom stereocenters. The second-order valence-electron chi connectivity index (χ2n) is 5.17. The molecule has 0 heteroatoms. The second kappa shape index (κ2) is 5.39. The van der Waals surface area contributed by atoms with E-state index in [1.54, 1.807) is 0 Å². The Morgan fingerprint density at radius 3 is 2.61 bits per heavy atom. The molecule has 93 valence electrons. The molecule has 0 nitrogen and oxygen atoms in total. The highest BCUT2D eigenvalue weighted by molar-refractivity contribution is 5.71. The summed E-state index contributed by atoms with van der Waals surface area (Å²) in [7, 11) is 0. The van der Waals surface area contributed by atoms with E-state index in [9.17, 15) is 0 Å². The van der Waals surface area contributed by atoms with Crippen LogP contribution >= 0.6 is 0 Å². The third-order valence-corrected chi connectivity index (χ3v) is 3.50. The fourth-order valence-corrected chi connectivity index (χ4v) is 2.41. The van der Waals surface area contributed by atoms with Crippen LogP contribution < -0.4 is 0 Å². The fourth-order valence-electron chi connectivity index (χ4n) is 2.41. The Labute approximate surface area is 111 Å². The Hall–Kier alpha value is -1.56. The number of rotatable bonds is 3. The zero-order valence-corrected chi connectivity index (χ0v) is 11.7. The average Bonchev–Trinajstić information content (AvgIpc) is 2.38. The molecule has 0 heterocycles. The predicted molar refractivity (Wildman–Crippen MR) is 78.9 cm³/mol. The molecule has 2 aromatic carbocycles. The Morgan fingerprint density at radius 1 is 1.17 bits per heavy atom. The van der Waals surface area contributed by atoms with Gasteiger partial charge in [-0.15, -0.1) is 0 Å². The SMILES string of the molecule is CCc1c[c]cc(C)c1-c1cccc(C(C)C)c1. The monoisotopic (exact) mass is 237 g/mol. The first-order valence-corrected chi connectivity index (χ1v) is 6.73. The zero-order chi connectivity index (χ0) is 13.1. The Bertz CT molecular complexity index is 535. The van der Waals surface area contributed by atoms with E-state index in [0.29, 0.717) is 5.92 Å². The van der Waals surface area contributed by atoms with Gasteiger partial charge in [-0.3, -0.25) is 0 Å². The van der Waals surface area contributed by atoms with E-state index in [1.165, 1.54) is 27.8 Å². The van der Waals surface area contributed by atoms with Gasteiger partial charge in [-0.2, -0.15) is 0 Å². The highest BCUT2D eigenvalue weighted by atomic mass is 14.1. The van der Waals surface area contributed by atoms with Crippen molar-refractivity contribution >= 4 is 0 Å². The van der Waals surface area contributed by atoms with Crippen LogP contribution in [0, 0.1) is 13.0 Å². The van der Waals surface area contributed by atoms with Crippen LogP contribution in [-0.2, 0) is 6.42 Å². The Kier molecular flexibility index (Phi) is 3.86. The third-order valence-electron chi connectivity index (χ3n) is 3.50. The molecule has 0 aliphatic rings. The number of hydrogen-bond donors (Lipinski definition) is 0. The lowest BCUT2D eigenvalue weighted by Gasteiger charge is -2.14. The van der Waals surface area contributed by atoms with Crippen LogP contribution in [0.4, 0.5) is 0 Å². The van der Waals surface area contributed by atoms with Crippen LogP contribution in [0.15, 0.2) is 36.4 Å². The minimum atomic E-state index is 0.575. The normalized spacial score (nSPS) is 10.9. The third kappa shape index (κ3) is 2.48. The standard InChI is InChI=1S/C18H21/c1-5-15-9-6-8-14(4)18(15)17-11-7-10-16(12-17)13(2)3/h7-13H,5H2,1-4H3. The van der Waals surface area contributed by atoms with Crippen molar-refractivity contribution in [3.63, 3.8) is 0 Å². The van der Waals surface area contributed by atoms with Gasteiger partial charge < -0.3 is 0 Å². The zero-order valence-electron chi connectivity index (χ0n) is 11.7. The maximum absolute atomic E-state index is 3.23. The summed E-state index contributed by atoms with van der Waals surface area (Å²) in [6, 6.07) is 16.3. The molecule has 2 aromatic rings. The molecule has 18 heavy (non-hydrogen) atoms. The molecule has 0 aliphatic heterocycles. The van der Waals surface area contributed by atoms with Crippen molar-refractivity contribution in [1.82, 2.24) is 0 Å². The summed E-state index contributed by atoms with van der Waals surface area (Å²) in [6.07, 6.45) is 1.05. The number of aryl methyl sites for hydroxylation is 2. The smallest absolute Gasteiger partial charge is 0.0122 e. The molecule has 0 spiro atoms. The van der Waals surface area contributed by atoms with E-state index in [-0.39, 0.29) is 0 Å². The van der Waals surface area contributed by atoms with Gasteiger partial charge in [0, 0.05) is 0 Å². The number of hydrogen-bond acceptors (Lipinski definition) is 0. The van der Waals surface area contributed by atoms with E-state index in [1.807, 2.05) is 0 Å². The first-order valence-electron chi connectivity index (χ1n) is 6.73. The molecule has 0 aromatic heterocycles. The summed E-state index contributed by atoms with van der Waals surface area (Å²) < 4.78 is 0. The summed E-state index contributed by atoms with van der Waals surface area (Å²) in [5.74, 6) is 0.575. The Morgan fingerprint density at radius 2 is 1.94 bits per heavy atom. The van der Waals surface area contributed by atoms with Gasteiger partial charge in [-0.1, -0.05) is 57.2 Å². The van der Waals surface area contributed by atoms with Gasteiger partial charge >= 0.3 is 0 Å².